The quantitative estimate of drug-likeness (QED) is 0.593. The zero-order chi connectivity index (χ0) is 12.2. The van der Waals surface area contributed by atoms with Crippen molar-refractivity contribution in [3.05, 3.63) is 29.8 Å². The fourth-order valence-corrected chi connectivity index (χ4v) is 1.41. The molecule has 88 valence electrons. The van der Waals surface area contributed by atoms with Crippen LogP contribution in [-0.4, -0.2) is 11.5 Å². The molecule has 3 N–H and O–H groups in total. The van der Waals surface area contributed by atoms with Crippen molar-refractivity contribution in [1.82, 2.24) is 0 Å². The number of hydrogen-bond donors (Lipinski definition) is 2. The summed E-state index contributed by atoms with van der Waals surface area (Å²) < 4.78 is 0. The summed E-state index contributed by atoms with van der Waals surface area (Å²) in [4.78, 5) is 4.34. The summed E-state index contributed by atoms with van der Waals surface area (Å²) in [6.45, 7) is 8.18. The van der Waals surface area contributed by atoms with Crippen molar-refractivity contribution in [2.75, 3.05) is 5.32 Å². The highest BCUT2D eigenvalue weighted by atomic mass is 15.1. The first-order valence-corrected chi connectivity index (χ1v) is 5.62. The van der Waals surface area contributed by atoms with E-state index in [4.69, 9.17) is 5.73 Å². The molecule has 0 aliphatic rings. The van der Waals surface area contributed by atoms with Crippen molar-refractivity contribution in [3.63, 3.8) is 0 Å². The lowest BCUT2D eigenvalue weighted by molar-refractivity contribution is 0.583. The predicted octanol–water partition coefficient (Wildman–Crippen LogP) is 2.77. The van der Waals surface area contributed by atoms with Gasteiger partial charge in [-0.3, -0.25) is 0 Å². The van der Waals surface area contributed by atoms with Crippen molar-refractivity contribution in [2.24, 2.45) is 10.7 Å². The first-order valence-electron chi connectivity index (χ1n) is 5.62. The number of aliphatic imine (C=N–C) groups is 1. The van der Waals surface area contributed by atoms with Gasteiger partial charge in [-0.2, -0.15) is 0 Å². The third-order valence-corrected chi connectivity index (χ3v) is 2.06. The monoisotopic (exact) mass is 219 g/mol. The van der Waals surface area contributed by atoms with Gasteiger partial charge in [0, 0.05) is 5.69 Å². The Labute approximate surface area is 97.8 Å². The maximum absolute atomic E-state index is 5.82. The highest BCUT2D eigenvalue weighted by molar-refractivity contribution is 5.92. The van der Waals surface area contributed by atoms with Gasteiger partial charge in [0.1, 0.15) is 0 Å². The van der Waals surface area contributed by atoms with Crippen molar-refractivity contribution in [2.45, 2.75) is 39.7 Å². The number of benzene rings is 1. The van der Waals surface area contributed by atoms with Crippen molar-refractivity contribution in [1.29, 1.82) is 0 Å². The fourth-order valence-electron chi connectivity index (χ4n) is 1.41. The van der Waals surface area contributed by atoms with E-state index in [-0.39, 0.29) is 5.54 Å². The minimum absolute atomic E-state index is 0.153. The summed E-state index contributed by atoms with van der Waals surface area (Å²) in [7, 11) is 0. The number of hydrogen-bond acceptors (Lipinski definition) is 1. The van der Waals surface area contributed by atoms with E-state index in [0.717, 1.165) is 12.1 Å². The van der Waals surface area contributed by atoms with Gasteiger partial charge in [-0.15, -0.1) is 0 Å². The second kappa shape index (κ2) is 5.01. The molecule has 0 aliphatic carbocycles. The van der Waals surface area contributed by atoms with E-state index in [0.29, 0.717) is 5.96 Å². The van der Waals surface area contributed by atoms with Crippen LogP contribution in [0, 0.1) is 0 Å². The van der Waals surface area contributed by atoms with Gasteiger partial charge >= 0.3 is 0 Å². The van der Waals surface area contributed by atoms with Gasteiger partial charge in [-0.1, -0.05) is 19.1 Å². The largest absolute Gasteiger partial charge is 0.370 e. The number of anilines is 1. The van der Waals surface area contributed by atoms with Crippen LogP contribution in [0.2, 0.25) is 0 Å². The molecule has 0 bridgehead atoms. The summed E-state index contributed by atoms with van der Waals surface area (Å²) >= 11 is 0. The molecule has 1 aromatic carbocycles. The Balaban J connectivity index is 2.77. The summed E-state index contributed by atoms with van der Waals surface area (Å²) in [6, 6.07) is 8.20. The Morgan fingerprint density at radius 3 is 2.62 bits per heavy atom. The highest BCUT2D eigenvalue weighted by Crippen LogP contribution is 2.12. The second-order valence-electron chi connectivity index (χ2n) is 4.85. The molecule has 0 spiro atoms. The zero-order valence-corrected chi connectivity index (χ0v) is 10.5. The van der Waals surface area contributed by atoms with Gasteiger partial charge in [0.15, 0.2) is 5.96 Å². The Morgan fingerprint density at radius 1 is 1.38 bits per heavy atom. The molecule has 16 heavy (non-hydrogen) atoms. The molecule has 0 fully saturated rings. The van der Waals surface area contributed by atoms with Crippen LogP contribution in [0.5, 0.6) is 0 Å². The van der Waals surface area contributed by atoms with Crippen molar-refractivity contribution < 1.29 is 0 Å². The summed E-state index contributed by atoms with van der Waals surface area (Å²) in [6.07, 6.45) is 1.02. The minimum atomic E-state index is -0.153. The van der Waals surface area contributed by atoms with Gasteiger partial charge in [0.25, 0.3) is 0 Å². The number of nitrogens with zero attached hydrogens (tertiary/aromatic N) is 1. The summed E-state index contributed by atoms with van der Waals surface area (Å²) in [5, 5.41) is 3.10. The maximum Gasteiger partial charge on any atom is 0.193 e. The Morgan fingerprint density at radius 2 is 2.06 bits per heavy atom. The normalized spacial score (nSPS) is 12.6. The van der Waals surface area contributed by atoms with Gasteiger partial charge in [0.05, 0.1) is 5.54 Å². The Hall–Kier alpha value is -1.51. The Kier molecular flexibility index (Phi) is 3.93. The second-order valence-corrected chi connectivity index (χ2v) is 4.85. The lowest BCUT2D eigenvalue weighted by Crippen LogP contribution is -2.27. The standard InChI is InChI=1S/C13H21N3/c1-5-10-7-6-8-11(9-10)15-12(14)16-13(2,3)4/h6-9H,5H2,1-4H3,(H3,14,15,16). The molecule has 0 aliphatic heterocycles. The fraction of sp³-hybridized carbons (Fsp3) is 0.462. The van der Waals surface area contributed by atoms with Crippen LogP contribution in [0.15, 0.2) is 29.3 Å². The smallest absolute Gasteiger partial charge is 0.193 e. The van der Waals surface area contributed by atoms with E-state index >= 15 is 0 Å². The van der Waals surface area contributed by atoms with E-state index in [2.05, 4.69) is 29.4 Å². The van der Waals surface area contributed by atoms with Crippen LogP contribution in [-0.2, 0) is 6.42 Å². The zero-order valence-electron chi connectivity index (χ0n) is 10.5. The highest BCUT2D eigenvalue weighted by Gasteiger charge is 2.08. The van der Waals surface area contributed by atoms with E-state index in [1.165, 1.54) is 5.56 Å². The Bertz CT molecular complexity index is 375. The lowest BCUT2D eigenvalue weighted by Gasteiger charge is -2.14. The molecule has 3 heteroatoms. The van der Waals surface area contributed by atoms with Gasteiger partial charge in [-0.25, -0.2) is 4.99 Å². The van der Waals surface area contributed by atoms with E-state index in [9.17, 15) is 0 Å². The average Bonchev–Trinajstić information content (AvgIpc) is 2.15. The molecule has 1 aromatic rings. The number of nitrogens with one attached hydrogen (secondary N) is 1. The van der Waals surface area contributed by atoms with Crippen molar-refractivity contribution >= 4 is 11.6 Å². The minimum Gasteiger partial charge on any atom is -0.370 e. The van der Waals surface area contributed by atoms with E-state index in [1.807, 2.05) is 32.9 Å². The van der Waals surface area contributed by atoms with E-state index in [1.54, 1.807) is 0 Å². The first kappa shape index (κ1) is 12.6. The van der Waals surface area contributed by atoms with Crippen LogP contribution in [0.3, 0.4) is 0 Å². The van der Waals surface area contributed by atoms with Crippen LogP contribution in [0.25, 0.3) is 0 Å². The molecule has 0 unspecified atom stereocenters. The molecule has 0 heterocycles. The van der Waals surface area contributed by atoms with E-state index < -0.39 is 0 Å². The summed E-state index contributed by atoms with van der Waals surface area (Å²) in [5.41, 5.74) is 7.95. The van der Waals surface area contributed by atoms with Crippen LogP contribution < -0.4 is 11.1 Å². The lowest BCUT2D eigenvalue weighted by atomic mass is 10.1. The molecule has 3 nitrogen and oxygen atoms in total. The number of rotatable bonds is 2. The number of guanidine groups is 1. The molecule has 0 saturated carbocycles. The molecule has 0 atom stereocenters. The van der Waals surface area contributed by atoms with Gasteiger partial charge in [0.2, 0.25) is 0 Å². The van der Waals surface area contributed by atoms with Gasteiger partial charge in [-0.05, 0) is 44.9 Å². The SMILES string of the molecule is CCc1cccc(NC(N)=NC(C)(C)C)c1. The molecule has 1 rings (SSSR count). The average molecular weight is 219 g/mol. The third-order valence-electron chi connectivity index (χ3n) is 2.06. The predicted molar refractivity (Wildman–Crippen MR) is 70.8 cm³/mol. The molecule has 0 radical (unpaired) electrons. The molecule has 0 saturated heterocycles. The molecule has 0 amide bonds. The molecule has 0 aromatic heterocycles. The van der Waals surface area contributed by atoms with Crippen LogP contribution in [0.4, 0.5) is 5.69 Å². The van der Waals surface area contributed by atoms with Crippen LogP contribution >= 0.6 is 0 Å². The first-order chi connectivity index (χ1) is 7.40. The topological polar surface area (TPSA) is 50.4 Å². The maximum atomic E-state index is 5.82. The molecular weight excluding hydrogens is 198 g/mol. The van der Waals surface area contributed by atoms with Gasteiger partial charge < -0.3 is 11.1 Å². The number of nitrogens with two attached hydrogens (primary N) is 1. The van der Waals surface area contributed by atoms with Crippen LogP contribution in [0.1, 0.15) is 33.3 Å². The summed E-state index contributed by atoms with van der Waals surface area (Å²) in [5.74, 6) is 0.459. The third kappa shape index (κ3) is 4.34. The number of aryl methyl sites for hydroxylation is 1. The van der Waals surface area contributed by atoms with Crippen molar-refractivity contribution in [3.8, 4) is 0 Å². The molecular formula is C13H21N3.